The number of hydrogen-bond acceptors (Lipinski definition) is 4. The Labute approximate surface area is 170 Å². The largest absolute Gasteiger partial charge is 0.465 e. The summed E-state index contributed by atoms with van der Waals surface area (Å²) in [6.45, 7) is 6.28. The Morgan fingerprint density at radius 2 is 1.97 bits per heavy atom. The third kappa shape index (κ3) is 5.10. The van der Waals surface area contributed by atoms with E-state index in [0.717, 1.165) is 27.6 Å². The molecular formula is C23H25N3O3. The predicted octanol–water partition coefficient (Wildman–Crippen LogP) is 3.51. The van der Waals surface area contributed by atoms with Gasteiger partial charge < -0.3 is 9.30 Å². The molecule has 6 nitrogen and oxygen atoms in total. The normalized spacial score (nSPS) is 11.1. The highest BCUT2D eigenvalue weighted by molar-refractivity contribution is 6.00. The number of nitrogens with zero attached hydrogens (tertiary/aromatic N) is 2. The summed E-state index contributed by atoms with van der Waals surface area (Å²) in [7, 11) is 0. The van der Waals surface area contributed by atoms with E-state index in [1.807, 2.05) is 61.0 Å². The molecule has 1 N–H and O–H groups in total. The van der Waals surface area contributed by atoms with Crippen LogP contribution in [0.15, 0.2) is 53.8 Å². The van der Waals surface area contributed by atoms with Crippen molar-refractivity contribution in [3.63, 3.8) is 0 Å². The molecule has 150 valence electrons. The number of carbonyl (C=O) groups excluding carboxylic acids is 2. The van der Waals surface area contributed by atoms with Crippen LogP contribution in [0, 0.1) is 13.8 Å². The Kier molecular flexibility index (Phi) is 6.44. The zero-order chi connectivity index (χ0) is 20.8. The molecule has 1 amide bonds. The molecule has 6 heteroatoms. The number of aromatic nitrogens is 1. The van der Waals surface area contributed by atoms with Crippen molar-refractivity contribution in [3.05, 3.63) is 70.9 Å². The van der Waals surface area contributed by atoms with E-state index in [1.54, 1.807) is 13.1 Å². The Morgan fingerprint density at radius 1 is 1.17 bits per heavy atom. The maximum Gasteiger partial charge on any atom is 0.325 e. The summed E-state index contributed by atoms with van der Waals surface area (Å²) in [6.07, 6.45) is 3.71. The summed E-state index contributed by atoms with van der Waals surface area (Å²) < 4.78 is 6.87. The molecule has 0 aliphatic carbocycles. The van der Waals surface area contributed by atoms with Crippen molar-refractivity contribution in [1.29, 1.82) is 0 Å². The van der Waals surface area contributed by atoms with Crippen LogP contribution in [0.2, 0.25) is 0 Å². The highest BCUT2D eigenvalue weighted by Gasteiger charge is 2.11. The number of rotatable bonds is 7. The first kappa shape index (κ1) is 20.3. The van der Waals surface area contributed by atoms with Gasteiger partial charge in [-0.3, -0.25) is 9.59 Å². The molecule has 0 radical (unpaired) electrons. The van der Waals surface area contributed by atoms with Gasteiger partial charge in [-0.25, -0.2) is 5.43 Å². The number of amides is 1. The average molecular weight is 391 g/mol. The van der Waals surface area contributed by atoms with Crippen LogP contribution >= 0.6 is 0 Å². The molecule has 0 saturated heterocycles. The monoisotopic (exact) mass is 391 g/mol. The molecule has 0 fully saturated rings. The van der Waals surface area contributed by atoms with Gasteiger partial charge in [0, 0.05) is 22.7 Å². The Balaban J connectivity index is 1.71. The van der Waals surface area contributed by atoms with Crippen molar-refractivity contribution in [1.82, 2.24) is 9.99 Å². The lowest BCUT2D eigenvalue weighted by molar-refractivity contribution is -0.143. The van der Waals surface area contributed by atoms with Gasteiger partial charge >= 0.3 is 5.97 Å². The Morgan fingerprint density at radius 3 is 2.72 bits per heavy atom. The van der Waals surface area contributed by atoms with Crippen molar-refractivity contribution in [2.45, 2.75) is 33.7 Å². The summed E-state index contributed by atoms with van der Waals surface area (Å²) in [6, 6.07) is 13.8. The number of esters is 1. The number of para-hydroxylation sites is 1. The summed E-state index contributed by atoms with van der Waals surface area (Å²) in [4.78, 5) is 24.1. The molecule has 0 spiro atoms. The fraction of sp³-hybridized carbons (Fsp3) is 0.261. The summed E-state index contributed by atoms with van der Waals surface area (Å²) >= 11 is 0. The molecule has 29 heavy (non-hydrogen) atoms. The molecule has 3 rings (SSSR count). The van der Waals surface area contributed by atoms with E-state index in [0.29, 0.717) is 6.61 Å². The number of benzene rings is 2. The molecule has 0 bridgehead atoms. The average Bonchev–Trinajstić information content (AvgIpc) is 3.02. The highest BCUT2D eigenvalue weighted by atomic mass is 16.5. The van der Waals surface area contributed by atoms with E-state index in [4.69, 9.17) is 4.74 Å². The van der Waals surface area contributed by atoms with E-state index in [9.17, 15) is 9.59 Å². The quantitative estimate of drug-likeness (QED) is 0.381. The number of nitrogens with one attached hydrogen (secondary N) is 1. The first-order chi connectivity index (χ1) is 14.0. The van der Waals surface area contributed by atoms with E-state index in [2.05, 4.69) is 16.6 Å². The number of ether oxygens (including phenoxy) is 1. The molecule has 0 aliphatic rings. The second-order valence-electron chi connectivity index (χ2n) is 6.93. The summed E-state index contributed by atoms with van der Waals surface area (Å²) in [5, 5.41) is 5.06. The molecule has 0 unspecified atom stereocenters. The SMILES string of the molecule is CCOC(=O)Cn1cc(/C=N/NC(=O)Cc2ccc(C)cc2C)c2ccccc21. The zero-order valence-corrected chi connectivity index (χ0v) is 16.9. The van der Waals surface area contributed by atoms with Gasteiger partial charge in [0.15, 0.2) is 0 Å². The van der Waals surface area contributed by atoms with Gasteiger partial charge in [0.2, 0.25) is 5.91 Å². The molecule has 2 aromatic carbocycles. The van der Waals surface area contributed by atoms with Crippen LogP contribution in [0.3, 0.4) is 0 Å². The maximum atomic E-state index is 12.2. The number of aryl methyl sites for hydroxylation is 2. The molecule has 0 atom stereocenters. The zero-order valence-electron chi connectivity index (χ0n) is 16.9. The minimum Gasteiger partial charge on any atom is -0.465 e. The second kappa shape index (κ2) is 9.19. The third-order valence-corrected chi connectivity index (χ3v) is 4.67. The van der Waals surface area contributed by atoms with Crippen molar-refractivity contribution < 1.29 is 14.3 Å². The molecule has 0 saturated carbocycles. The standard InChI is InChI=1S/C23H25N3O3/c1-4-29-23(28)15-26-14-19(20-7-5-6-8-21(20)26)13-24-25-22(27)12-18-10-9-16(2)11-17(18)3/h5-11,13-14H,4,12,15H2,1-3H3,(H,25,27)/b24-13+. The molecule has 1 aromatic heterocycles. The van der Waals surface area contributed by atoms with Crippen molar-refractivity contribution in [2.24, 2.45) is 5.10 Å². The number of fused-ring (bicyclic) bond motifs is 1. The lowest BCUT2D eigenvalue weighted by Crippen LogP contribution is -2.20. The van der Waals surface area contributed by atoms with Crippen molar-refractivity contribution in [2.75, 3.05) is 6.61 Å². The second-order valence-corrected chi connectivity index (χ2v) is 6.93. The van der Waals surface area contributed by atoms with E-state index >= 15 is 0 Å². The van der Waals surface area contributed by atoms with Gasteiger partial charge in [-0.05, 0) is 38.0 Å². The summed E-state index contributed by atoms with van der Waals surface area (Å²) in [5.74, 6) is -0.470. The molecular weight excluding hydrogens is 366 g/mol. The first-order valence-corrected chi connectivity index (χ1v) is 9.59. The van der Waals surface area contributed by atoms with Crippen LogP contribution in [0.5, 0.6) is 0 Å². The van der Waals surface area contributed by atoms with Crippen molar-refractivity contribution >= 4 is 29.0 Å². The van der Waals surface area contributed by atoms with Gasteiger partial charge in [0.1, 0.15) is 6.54 Å². The smallest absolute Gasteiger partial charge is 0.325 e. The van der Waals surface area contributed by atoms with Gasteiger partial charge in [0.05, 0.1) is 19.2 Å². The van der Waals surface area contributed by atoms with E-state index in [-0.39, 0.29) is 24.8 Å². The predicted molar refractivity (Wildman–Crippen MR) is 114 cm³/mol. The van der Waals surface area contributed by atoms with Gasteiger partial charge in [-0.15, -0.1) is 0 Å². The summed E-state index contributed by atoms with van der Waals surface area (Å²) in [5.41, 5.74) is 7.55. The maximum absolute atomic E-state index is 12.2. The number of hydrogen-bond donors (Lipinski definition) is 1. The molecule has 0 aliphatic heterocycles. The minimum atomic E-state index is -0.293. The van der Waals surface area contributed by atoms with Gasteiger partial charge in [-0.1, -0.05) is 42.0 Å². The van der Waals surface area contributed by atoms with E-state index in [1.165, 1.54) is 5.56 Å². The van der Waals surface area contributed by atoms with Crippen molar-refractivity contribution in [3.8, 4) is 0 Å². The third-order valence-electron chi connectivity index (χ3n) is 4.67. The van der Waals surface area contributed by atoms with Crippen LogP contribution in [-0.2, 0) is 27.3 Å². The topological polar surface area (TPSA) is 72.7 Å². The fourth-order valence-electron chi connectivity index (χ4n) is 3.29. The van der Waals surface area contributed by atoms with Gasteiger partial charge in [0.25, 0.3) is 0 Å². The van der Waals surface area contributed by atoms with Crippen LogP contribution < -0.4 is 5.43 Å². The van der Waals surface area contributed by atoms with Crippen LogP contribution in [0.1, 0.15) is 29.2 Å². The Hall–Kier alpha value is -3.41. The van der Waals surface area contributed by atoms with E-state index < -0.39 is 0 Å². The minimum absolute atomic E-state index is 0.126. The lowest BCUT2D eigenvalue weighted by atomic mass is 10.0. The lowest BCUT2D eigenvalue weighted by Gasteiger charge is -2.05. The van der Waals surface area contributed by atoms with Gasteiger partial charge in [-0.2, -0.15) is 5.10 Å². The van der Waals surface area contributed by atoms with Crippen LogP contribution in [-0.4, -0.2) is 29.3 Å². The van der Waals surface area contributed by atoms with Crippen LogP contribution in [0.4, 0.5) is 0 Å². The fourth-order valence-corrected chi connectivity index (χ4v) is 3.29. The van der Waals surface area contributed by atoms with Crippen LogP contribution in [0.25, 0.3) is 10.9 Å². The number of carbonyl (C=O) groups is 2. The molecule has 3 aromatic rings. The first-order valence-electron chi connectivity index (χ1n) is 9.59. The molecule has 1 heterocycles. The Bertz CT molecular complexity index is 1070. The highest BCUT2D eigenvalue weighted by Crippen LogP contribution is 2.20. The number of hydrazone groups is 1.